The van der Waals surface area contributed by atoms with Crippen molar-refractivity contribution in [3.63, 3.8) is 0 Å². The van der Waals surface area contributed by atoms with Crippen LogP contribution in [0, 0.1) is 0 Å². The maximum absolute atomic E-state index is 12.4. The second kappa shape index (κ2) is 11.5. The summed E-state index contributed by atoms with van der Waals surface area (Å²) in [7, 11) is 0. The average Bonchev–Trinajstić information content (AvgIpc) is 3.27. The van der Waals surface area contributed by atoms with E-state index in [9.17, 15) is 4.79 Å². The topological polar surface area (TPSA) is 56.8 Å². The lowest BCUT2D eigenvalue weighted by molar-refractivity contribution is 0.0679. The number of ether oxygens (including phenoxy) is 3. The molecule has 5 heteroatoms. The number of hydrogen-bond donors (Lipinski definition) is 1. The van der Waals surface area contributed by atoms with E-state index in [0.717, 1.165) is 43.1 Å². The zero-order valence-electron chi connectivity index (χ0n) is 17.2. The Bertz CT molecular complexity index is 736. The van der Waals surface area contributed by atoms with Gasteiger partial charge in [0.2, 0.25) is 0 Å². The Morgan fingerprint density at radius 3 is 2.41 bits per heavy atom. The van der Waals surface area contributed by atoms with Gasteiger partial charge in [-0.2, -0.15) is 0 Å². The van der Waals surface area contributed by atoms with Gasteiger partial charge in [-0.05, 0) is 67.8 Å². The molecule has 0 bridgehead atoms. The molecule has 0 aromatic heterocycles. The van der Waals surface area contributed by atoms with Crippen LogP contribution >= 0.6 is 0 Å². The number of amides is 1. The normalized spacial score (nSPS) is 15.8. The van der Waals surface area contributed by atoms with Gasteiger partial charge in [0.15, 0.2) is 0 Å². The first-order valence-electron chi connectivity index (χ1n) is 10.6. The summed E-state index contributed by atoms with van der Waals surface area (Å²) in [5.41, 5.74) is 1.33. The Hall–Kier alpha value is -2.53. The van der Waals surface area contributed by atoms with Gasteiger partial charge in [0, 0.05) is 17.9 Å². The highest BCUT2D eigenvalue weighted by Crippen LogP contribution is 2.20. The van der Waals surface area contributed by atoms with Crippen LogP contribution in [0.4, 0.5) is 5.69 Å². The second-order valence-electron chi connectivity index (χ2n) is 7.36. The van der Waals surface area contributed by atoms with Crippen LogP contribution in [0.5, 0.6) is 11.5 Å². The number of rotatable bonds is 11. The summed E-state index contributed by atoms with van der Waals surface area (Å²) < 4.78 is 17.0. The summed E-state index contributed by atoms with van der Waals surface area (Å²) in [4.78, 5) is 12.4. The largest absolute Gasteiger partial charge is 0.494 e. The zero-order valence-corrected chi connectivity index (χ0v) is 17.2. The van der Waals surface area contributed by atoms with Crippen molar-refractivity contribution in [1.29, 1.82) is 0 Å². The van der Waals surface area contributed by atoms with E-state index in [0.29, 0.717) is 18.8 Å². The highest BCUT2D eigenvalue weighted by molar-refractivity contribution is 6.04. The molecule has 1 saturated heterocycles. The third-order valence-corrected chi connectivity index (χ3v) is 4.96. The van der Waals surface area contributed by atoms with Crippen molar-refractivity contribution in [2.24, 2.45) is 0 Å². The van der Waals surface area contributed by atoms with E-state index in [-0.39, 0.29) is 12.0 Å². The molecule has 0 saturated carbocycles. The van der Waals surface area contributed by atoms with Crippen LogP contribution in [0.1, 0.15) is 55.8 Å². The van der Waals surface area contributed by atoms with Crippen LogP contribution in [-0.4, -0.2) is 31.8 Å². The van der Waals surface area contributed by atoms with Gasteiger partial charge >= 0.3 is 0 Å². The summed E-state index contributed by atoms with van der Waals surface area (Å²) in [5.74, 6) is 1.43. The Labute approximate surface area is 173 Å². The number of carbonyl (C=O) groups excluding carboxylic acids is 1. The molecule has 2 aromatic rings. The molecule has 1 aliphatic rings. The summed E-state index contributed by atoms with van der Waals surface area (Å²) in [6.07, 6.45) is 7.05. The molecule has 1 N–H and O–H groups in total. The van der Waals surface area contributed by atoms with E-state index in [1.807, 2.05) is 36.4 Å². The number of anilines is 1. The van der Waals surface area contributed by atoms with Crippen LogP contribution in [0.3, 0.4) is 0 Å². The van der Waals surface area contributed by atoms with Gasteiger partial charge in [0.05, 0.1) is 12.7 Å². The second-order valence-corrected chi connectivity index (χ2v) is 7.36. The zero-order chi connectivity index (χ0) is 20.3. The third-order valence-electron chi connectivity index (χ3n) is 4.96. The quantitative estimate of drug-likeness (QED) is 0.512. The number of unbranched alkanes of at least 4 members (excludes halogenated alkanes) is 3. The number of benzene rings is 2. The highest BCUT2D eigenvalue weighted by atomic mass is 16.5. The Balaban J connectivity index is 1.43. The lowest BCUT2D eigenvalue weighted by Gasteiger charge is -2.12. The van der Waals surface area contributed by atoms with Crippen LogP contribution in [0.15, 0.2) is 48.5 Å². The van der Waals surface area contributed by atoms with Gasteiger partial charge in [-0.1, -0.05) is 26.2 Å². The van der Waals surface area contributed by atoms with Crippen LogP contribution < -0.4 is 14.8 Å². The lowest BCUT2D eigenvalue weighted by Crippen LogP contribution is -2.16. The van der Waals surface area contributed by atoms with E-state index < -0.39 is 0 Å². The molecule has 0 radical (unpaired) electrons. The molecule has 3 rings (SSSR count). The Kier molecular flexibility index (Phi) is 8.38. The molecule has 0 aliphatic carbocycles. The van der Waals surface area contributed by atoms with Gasteiger partial charge in [-0.15, -0.1) is 0 Å². The molecule has 0 spiro atoms. The maximum atomic E-state index is 12.4. The number of hydrogen-bond acceptors (Lipinski definition) is 4. The van der Waals surface area contributed by atoms with Crippen molar-refractivity contribution in [3.8, 4) is 11.5 Å². The number of nitrogens with one attached hydrogen (secondary N) is 1. The molecule has 1 aliphatic heterocycles. The van der Waals surface area contributed by atoms with Gasteiger partial charge in [0.1, 0.15) is 18.1 Å². The highest BCUT2D eigenvalue weighted by Gasteiger charge is 2.16. The van der Waals surface area contributed by atoms with Crippen molar-refractivity contribution in [3.05, 3.63) is 54.1 Å². The summed E-state index contributed by atoms with van der Waals surface area (Å²) in [6, 6.07) is 14.7. The van der Waals surface area contributed by atoms with Gasteiger partial charge in [-0.25, -0.2) is 0 Å². The van der Waals surface area contributed by atoms with Gasteiger partial charge < -0.3 is 19.5 Å². The lowest BCUT2D eigenvalue weighted by atomic mass is 10.2. The summed E-state index contributed by atoms with van der Waals surface area (Å²) in [5, 5.41) is 2.91. The minimum Gasteiger partial charge on any atom is -0.494 e. The third kappa shape index (κ3) is 7.09. The minimum atomic E-state index is -0.146. The van der Waals surface area contributed by atoms with E-state index in [4.69, 9.17) is 14.2 Å². The SMILES string of the molecule is CCCCCCOc1ccc(C(=O)Nc2ccc(OCC3CCCO3)cc2)cc1. The summed E-state index contributed by atoms with van der Waals surface area (Å²) >= 11 is 0. The van der Waals surface area contributed by atoms with Crippen molar-refractivity contribution in [2.45, 2.75) is 51.6 Å². The molecule has 29 heavy (non-hydrogen) atoms. The molecule has 156 valence electrons. The van der Waals surface area contributed by atoms with Crippen molar-refractivity contribution >= 4 is 11.6 Å². The minimum absolute atomic E-state index is 0.146. The fourth-order valence-electron chi connectivity index (χ4n) is 3.22. The number of carbonyl (C=O) groups is 1. The van der Waals surface area contributed by atoms with E-state index in [2.05, 4.69) is 12.2 Å². The fourth-order valence-corrected chi connectivity index (χ4v) is 3.22. The van der Waals surface area contributed by atoms with Crippen LogP contribution in [0.2, 0.25) is 0 Å². The predicted molar refractivity (Wildman–Crippen MR) is 115 cm³/mol. The smallest absolute Gasteiger partial charge is 0.255 e. The van der Waals surface area contributed by atoms with Crippen molar-refractivity contribution < 1.29 is 19.0 Å². The molecule has 5 nitrogen and oxygen atoms in total. The average molecular weight is 398 g/mol. The predicted octanol–water partition coefficient (Wildman–Crippen LogP) is 5.46. The Morgan fingerprint density at radius 1 is 1.00 bits per heavy atom. The van der Waals surface area contributed by atoms with Crippen molar-refractivity contribution in [1.82, 2.24) is 0 Å². The fraction of sp³-hybridized carbons (Fsp3) is 0.458. The molecule has 1 fully saturated rings. The molecule has 2 aromatic carbocycles. The summed E-state index contributed by atoms with van der Waals surface area (Å²) in [6.45, 7) is 4.30. The van der Waals surface area contributed by atoms with E-state index >= 15 is 0 Å². The molecule has 1 atom stereocenters. The Morgan fingerprint density at radius 2 is 1.72 bits per heavy atom. The monoisotopic (exact) mass is 397 g/mol. The first-order chi connectivity index (χ1) is 14.2. The van der Waals surface area contributed by atoms with Crippen LogP contribution in [0.25, 0.3) is 0 Å². The molecule has 1 amide bonds. The molecular formula is C24H31NO4. The first kappa shape index (κ1) is 21.2. The van der Waals surface area contributed by atoms with Gasteiger partial charge in [0.25, 0.3) is 5.91 Å². The molecule has 1 heterocycles. The maximum Gasteiger partial charge on any atom is 0.255 e. The molecule has 1 unspecified atom stereocenters. The van der Waals surface area contributed by atoms with Crippen LogP contribution in [-0.2, 0) is 4.74 Å². The standard InChI is InChI=1S/C24H31NO4/c1-2-3-4-5-16-27-21-12-8-19(9-13-21)24(26)25-20-10-14-22(15-11-20)29-18-23-7-6-17-28-23/h8-15,23H,2-7,16-18H2,1H3,(H,25,26). The van der Waals surface area contributed by atoms with Gasteiger partial charge in [-0.3, -0.25) is 4.79 Å². The van der Waals surface area contributed by atoms with E-state index in [1.54, 1.807) is 12.1 Å². The molecular weight excluding hydrogens is 366 g/mol. The van der Waals surface area contributed by atoms with E-state index in [1.165, 1.54) is 19.3 Å². The first-order valence-corrected chi connectivity index (χ1v) is 10.6. The van der Waals surface area contributed by atoms with Crippen molar-refractivity contribution in [2.75, 3.05) is 25.1 Å².